The summed E-state index contributed by atoms with van der Waals surface area (Å²) in [4.78, 5) is 24.6. The lowest BCUT2D eigenvalue weighted by molar-refractivity contribution is -0.113. The number of nitrogens with one attached hydrogen (secondary N) is 1. The average molecular weight is 372 g/mol. The molecule has 1 N–H and O–H groups in total. The van der Waals surface area contributed by atoms with E-state index in [9.17, 15) is 4.79 Å². The molecule has 3 rings (SSSR count). The van der Waals surface area contributed by atoms with Crippen molar-refractivity contribution in [3.8, 4) is 17.0 Å². The van der Waals surface area contributed by atoms with Gasteiger partial charge in [-0.25, -0.2) is 15.0 Å². The third kappa shape index (κ3) is 5.01. The zero-order valence-corrected chi connectivity index (χ0v) is 15.1. The summed E-state index contributed by atoms with van der Waals surface area (Å²) in [6, 6.07) is 9.46. The molecule has 1 amide bonds. The zero-order valence-electron chi connectivity index (χ0n) is 13.5. The highest BCUT2D eigenvalue weighted by Crippen LogP contribution is 2.26. The summed E-state index contributed by atoms with van der Waals surface area (Å²) in [6.07, 6.45) is 3.30. The molecule has 8 heteroatoms. The van der Waals surface area contributed by atoms with Crippen molar-refractivity contribution in [1.29, 1.82) is 0 Å². The average Bonchev–Trinajstić information content (AvgIpc) is 3.10. The first-order valence-corrected chi connectivity index (χ1v) is 9.49. The number of thioether (sulfide) groups is 1. The number of ether oxygens (including phenoxy) is 1. The minimum atomic E-state index is -0.134. The summed E-state index contributed by atoms with van der Waals surface area (Å²) in [7, 11) is 0. The second kappa shape index (κ2) is 8.59. The first-order chi connectivity index (χ1) is 12.2. The molecule has 0 radical (unpaired) electrons. The standard InChI is InChI=1S/C17H16N4O2S2/c1-2-23-13-6-4-12(5-7-13)14-10-24-17(20-14)21-15(22)11-25-16-18-8-3-9-19-16/h3-10H,2,11H2,1H3,(H,20,21,22). The third-order valence-corrected chi connectivity index (χ3v) is 4.72. The van der Waals surface area contributed by atoms with Crippen LogP contribution in [0.2, 0.25) is 0 Å². The van der Waals surface area contributed by atoms with Crippen LogP contribution in [0.25, 0.3) is 11.3 Å². The van der Waals surface area contributed by atoms with Crippen LogP contribution in [0.4, 0.5) is 5.13 Å². The van der Waals surface area contributed by atoms with Crippen molar-refractivity contribution in [2.45, 2.75) is 12.1 Å². The van der Waals surface area contributed by atoms with E-state index in [-0.39, 0.29) is 11.7 Å². The molecule has 0 aliphatic carbocycles. The van der Waals surface area contributed by atoms with Crippen molar-refractivity contribution in [2.75, 3.05) is 17.7 Å². The maximum Gasteiger partial charge on any atom is 0.236 e. The predicted molar refractivity (Wildman–Crippen MR) is 100 cm³/mol. The lowest BCUT2D eigenvalue weighted by atomic mass is 10.2. The number of amides is 1. The van der Waals surface area contributed by atoms with Gasteiger partial charge in [-0.1, -0.05) is 11.8 Å². The fraction of sp³-hybridized carbons (Fsp3) is 0.176. The van der Waals surface area contributed by atoms with E-state index in [1.165, 1.54) is 23.1 Å². The van der Waals surface area contributed by atoms with E-state index in [4.69, 9.17) is 4.74 Å². The largest absolute Gasteiger partial charge is 0.494 e. The van der Waals surface area contributed by atoms with Gasteiger partial charge in [-0.2, -0.15) is 0 Å². The smallest absolute Gasteiger partial charge is 0.236 e. The van der Waals surface area contributed by atoms with E-state index in [0.29, 0.717) is 16.9 Å². The number of aromatic nitrogens is 3. The van der Waals surface area contributed by atoms with Crippen LogP contribution in [0.15, 0.2) is 53.3 Å². The SMILES string of the molecule is CCOc1ccc(-c2csc(NC(=O)CSc3ncccn3)n2)cc1. The molecule has 0 fully saturated rings. The number of carbonyl (C=O) groups excluding carboxylic acids is 1. The van der Waals surface area contributed by atoms with Gasteiger partial charge in [0, 0.05) is 23.3 Å². The monoisotopic (exact) mass is 372 g/mol. The lowest BCUT2D eigenvalue weighted by Gasteiger charge is -2.03. The summed E-state index contributed by atoms with van der Waals surface area (Å²) in [5.74, 6) is 0.933. The molecule has 0 saturated heterocycles. The Morgan fingerprint density at radius 2 is 2.00 bits per heavy atom. The van der Waals surface area contributed by atoms with Crippen LogP contribution in [0.3, 0.4) is 0 Å². The van der Waals surface area contributed by atoms with Crippen molar-refractivity contribution in [3.05, 3.63) is 48.1 Å². The van der Waals surface area contributed by atoms with Crippen LogP contribution in [0, 0.1) is 0 Å². The van der Waals surface area contributed by atoms with Crippen molar-refractivity contribution >= 4 is 34.1 Å². The van der Waals surface area contributed by atoms with Gasteiger partial charge in [0.05, 0.1) is 18.1 Å². The molecule has 0 unspecified atom stereocenters. The van der Waals surface area contributed by atoms with Gasteiger partial charge in [-0.05, 0) is 37.3 Å². The second-order valence-corrected chi connectivity index (χ2v) is 6.66. The van der Waals surface area contributed by atoms with Crippen LogP contribution in [-0.2, 0) is 4.79 Å². The molecule has 3 aromatic rings. The molecule has 0 aliphatic heterocycles. The zero-order chi connectivity index (χ0) is 17.5. The Balaban J connectivity index is 1.56. The van der Waals surface area contributed by atoms with E-state index in [1.54, 1.807) is 18.5 Å². The summed E-state index contributed by atoms with van der Waals surface area (Å²) in [5, 5.41) is 5.87. The molecule has 2 aromatic heterocycles. The van der Waals surface area contributed by atoms with Crippen molar-refractivity contribution in [1.82, 2.24) is 15.0 Å². The number of carbonyl (C=O) groups is 1. The number of rotatable bonds is 7. The second-order valence-electron chi connectivity index (χ2n) is 4.86. The van der Waals surface area contributed by atoms with E-state index in [0.717, 1.165) is 17.0 Å². The fourth-order valence-corrected chi connectivity index (χ4v) is 3.34. The summed E-state index contributed by atoms with van der Waals surface area (Å²) in [5.41, 5.74) is 1.80. The number of nitrogens with zero attached hydrogens (tertiary/aromatic N) is 3. The Bertz CT molecular complexity index is 822. The quantitative estimate of drug-likeness (QED) is 0.503. The van der Waals surface area contributed by atoms with Gasteiger partial charge in [0.25, 0.3) is 0 Å². The van der Waals surface area contributed by atoms with Gasteiger partial charge < -0.3 is 10.1 Å². The molecular formula is C17H16N4O2S2. The van der Waals surface area contributed by atoms with Crippen LogP contribution < -0.4 is 10.1 Å². The van der Waals surface area contributed by atoms with Crippen molar-refractivity contribution < 1.29 is 9.53 Å². The minimum absolute atomic E-state index is 0.134. The first kappa shape index (κ1) is 17.4. The molecule has 0 bridgehead atoms. The number of thiazole rings is 1. The molecule has 0 spiro atoms. The van der Waals surface area contributed by atoms with Gasteiger partial charge in [-0.3, -0.25) is 4.79 Å². The van der Waals surface area contributed by atoms with Crippen LogP contribution >= 0.6 is 23.1 Å². The Morgan fingerprint density at radius 1 is 1.24 bits per heavy atom. The van der Waals surface area contributed by atoms with Crippen molar-refractivity contribution in [3.63, 3.8) is 0 Å². The molecular weight excluding hydrogens is 356 g/mol. The molecule has 0 atom stereocenters. The molecule has 0 aliphatic rings. The van der Waals surface area contributed by atoms with Gasteiger partial charge >= 0.3 is 0 Å². The summed E-state index contributed by atoms with van der Waals surface area (Å²) in [6.45, 7) is 2.59. The fourth-order valence-electron chi connectivity index (χ4n) is 2.00. The summed E-state index contributed by atoms with van der Waals surface area (Å²) >= 11 is 2.68. The van der Waals surface area contributed by atoms with Crippen LogP contribution in [0.1, 0.15) is 6.92 Å². The van der Waals surface area contributed by atoms with Crippen LogP contribution in [-0.4, -0.2) is 33.2 Å². The maximum absolute atomic E-state index is 12.0. The maximum atomic E-state index is 12.0. The van der Waals surface area contributed by atoms with E-state index < -0.39 is 0 Å². The Hall–Kier alpha value is -2.45. The molecule has 1 aromatic carbocycles. The molecule has 0 saturated carbocycles. The molecule has 2 heterocycles. The Labute approximate surface area is 153 Å². The highest BCUT2D eigenvalue weighted by Gasteiger charge is 2.09. The molecule has 6 nitrogen and oxygen atoms in total. The number of hydrogen-bond acceptors (Lipinski definition) is 7. The summed E-state index contributed by atoms with van der Waals surface area (Å²) < 4.78 is 5.43. The topological polar surface area (TPSA) is 77.0 Å². The highest BCUT2D eigenvalue weighted by molar-refractivity contribution is 7.99. The van der Waals surface area contributed by atoms with E-state index in [1.807, 2.05) is 36.6 Å². The van der Waals surface area contributed by atoms with E-state index >= 15 is 0 Å². The molecule has 128 valence electrons. The lowest BCUT2D eigenvalue weighted by Crippen LogP contribution is -2.14. The van der Waals surface area contributed by atoms with Gasteiger partial charge in [0.15, 0.2) is 10.3 Å². The van der Waals surface area contributed by atoms with Crippen molar-refractivity contribution in [2.24, 2.45) is 0 Å². The number of hydrogen-bond donors (Lipinski definition) is 1. The third-order valence-electron chi connectivity index (χ3n) is 3.09. The number of benzene rings is 1. The number of anilines is 1. The van der Waals surface area contributed by atoms with Gasteiger partial charge in [-0.15, -0.1) is 11.3 Å². The minimum Gasteiger partial charge on any atom is -0.494 e. The highest BCUT2D eigenvalue weighted by atomic mass is 32.2. The van der Waals surface area contributed by atoms with Gasteiger partial charge in [0.2, 0.25) is 5.91 Å². The van der Waals surface area contributed by atoms with Gasteiger partial charge in [0.1, 0.15) is 5.75 Å². The Morgan fingerprint density at radius 3 is 2.72 bits per heavy atom. The Kier molecular flexibility index (Phi) is 5.97. The first-order valence-electron chi connectivity index (χ1n) is 7.63. The van der Waals surface area contributed by atoms with E-state index in [2.05, 4.69) is 20.3 Å². The molecule has 25 heavy (non-hydrogen) atoms. The van der Waals surface area contributed by atoms with Crippen LogP contribution in [0.5, 0.6) is 5.75 Å². The predicted octanol–water partition coefficient (Wildman–Crippen LogP) is 3.73. The normalized spacial score (nSPS) is 10.4.